The van der Waals surface area contributed by atoms with Gasteiger partial charge in [-0.1, -0.05) is 27.7 Å². The van der Waals surface area contributed by atoms with Crippen LogP contribution in [0.25, 0.3) is 0 Å². The van der Waals surface area contributed by atoms with Gasteiger partial charge in [-0.2, -0.15) is 12.6 Å². The average Bonchev–Trinajstić information content (AvgIpc) is 2.34. The summed E-state index contributed by atoms with van der Waals surface area (Å²) in [6.07, 6.45) is 1.57. The second-order valence-corrected chi connectivity index (χ2v) is 5.88. The van der Waals surface area contributed by atoms with Gasteiger partial charge < -0.3 is 10.6 Å². The molecule has 0 aromatic carbocycles. The third-order valence-corrected chi connectivity index (χ3v) is 3.60. The highest BCUT2D eigenvalue weighted by atomic mass is 32.1. The van der Waals surface area contributed by atoms with Gasteiger partial charge in [0, 0.05) is 24.9 Å². The van der Waals surface area contributed by atoms with Gasteiger partial charge in [-0.15, -0.1) is 0 Å². The van der Waals surface area contributed by atoms with Gasteiger partial charge in [0.2, 0.25) is 0 Å². The molecule has 0 saturated carbocycles. The van der Waals surface area contributed by atoms with Gasteiger partial charge in [-0.25, -0.2) is 9.97 Å². The molecule has 0 spiro atoms. The van der Waals surface area contributed by atoms with E-state index in [4.69, 9.17) is 0 Å². The average molecular weight is 268 g/mol. The van der Waals surface area contributed by atoms with Crippen molar-refractivity contribution in [3.8, 4) is 0 Å². The molecule has 0 amide bonds. The van der Waals surface area contributed by atoms with E-state index in [1.165, 1.54) is 0 Å². The maximum Gasteiger partial charge on any atom is 0.131 e. The molecule has 0 fully saturated rings. The molecule has 5 heteroatoms. The zero-order valence-electron chi connectivity index (χ0n) is 11.7. The summed E-state index contributed by atoms with van der Waals surface area (Å²) in [6.45, 7) is 10.7. The van der Waals surface area contributed by atoms with Gasteiger partial charge in [-0.05, 0) is 11.3 Å². The summed E-state index contributed by atoms with van der Waals surface area (Å²) >= 11 is 4.16. The Hall–Kier alpha value is -0.970. The highest BCUT2D eigenvalue weighted by molar-refractivity contribution is 7.80. The Bertz CT molecular complexity index is 366. The van der Waals surface area contributed by atoms with Crippen LogP contribution in [-0.2, 0) is 0 Å². The highest BCUT2D eigenvalue weighted by Gasteiger charge is 2.21. The molecule has 18 heavy (non-hydrogen) atoms. The molecule has 1 aromatic rings. The maximum atomic E-state index is 4.23. The fourth-order valence-corrected chi connectivity index (χ4v) is 1.37. The molecular formula is C13H24N4S. The van der Waals surface area contributed by atoms with Crippen LogP contribution in [0.3, 0.4) is 0 Å². The van der Waals surface area contributed by atoms with Gasteiger partial charge in [0.25, 0.3) is 0 Å². The van der Waals surface area contributed by atoms with Crippen molar-refractivity contribution in [3.63, 3.8) is 0 Å². The third kappa shape index (κ3) is 4.72. The summed E-state index contributed by atoms with van der Waals surface area (Å²) in [7, 11) is 0. The number of rotatable bonds is 7. The van der Waals surface area contributed by atoms with Crippen molar-refractivity contribution in [2.45, 2.75) is 27.7 Å². The molecule has 0 saturated heterocycles. The molecule has 1 rings (SSSR count). The van der Waals surface area contributed by atoms with E-state index < -0.39 is 0 Å². The van der Waals surface area contributed by atoms with Crippen LogP contribution in [0.2, 0.25) is 0 Å². The fraction of sp³-hybridized carbons (Fsp3) is 0.692. The van der Waals surface area contributed by atoms with E-state index in [9.17, 15) is 0 Å². The molecule has 2 N–H and O–H groups in total. The first-order chi connectivity index (χ1) is 8.45. The quantitative estimate of drug-likeness (QED) is 0.666. The summed E-state index contributed by atoms with van der Waals surface area (Å²) in [5.74, 6) is 3.10. The molecular weight excluding hydrogens is 244 g/mol. The highest BCUT2D eigenvalue weighted by Crippen LogP contribution is 2.26. The first kappa shape index (κ1) is 15.1. The van der Waals surface area contributed by atoms with Gasteiger partial charge in [-0.3, -0.25) is 0 Å². The van der Waals surface area contributed by atoms with Gasteiger partial charge in [0.1, 0.15) is 18.0 Å². The normalized spacial score (nSPS) is 11.7. The van der Waals surface area contributed by atoms with Crippen molar-refractivity contribution in [2.75, 3.05) is 29.5 Å². The second-order valence-electron chi connectivity index (χ2n) is 5.44. The van der Waals surface area contributed by atoms with Crippen molar-refractivity contribution in [3.05, 3.63) is 12.4 Å². The number of nitrogens with one attached hydrogen (secondary N) is 2. The van der Waals surface area contributed by atoms with Crippen LogP contribution in [0.4, 0.5) is 11.6 Å². The van der Waals surface area contributed by atoms with Gasteiger partial charge in [0.15, 0.2) is 0 Å². The summed E-state index contributed by atoms with van der Waals surface area (Å²) in [4.78, 5) is 8.39. The Morgan fingerprint density at radius 1 is 1.22 bits per heavy atom. The smallest absolute Gasteiger partial charge is 0.131 e. The van der Waals surface area contributed by atoms with Gasteiger partial charge >= 0.3 is 0 Å². The van der Waals surface area contributed by atoms with Crippen molar-refractivity contribution >= 4 is 24.3 Å². The lowest BCUT2D eigenvalue weighted by Gasteiger charge is -2.29. The summed E-state index contributed by atoms with van der Waals surface area (Å²) in [5, 5.41) is 6.56. The predicted molar refractivity (Wildman–Crippen MR) is 81.5 cm³/mol. The summed E-state index contributed by atoms with van der Waals surface area (Å²) < 4.78 is 0. The lowest BCUT2D eigenvalue weighted by Crippen LogP contribution is -2.28. The second kappa shape index (κ2) is 6.83. The van der Waals surface area contributed by atoms with Crippen molar-refractivity contribution in [1.29, 1.82) is 0 Å². The summed E-state index contributed by atoms with van der Waals surface area (Å²) in [5.41, 5.74) is 0.240. The maximum absolute atomic E-state index is 4.23. The van der Waals surface area contributed by atoms with E-state index in [-0.39, 0.29) is 5.41 Å². The van der Waals surface area contributed by atoms with Crippen molar-refractivity contribution in [2.24, 2.45) is 11.3 Å². The zero-order chi connectivity index (χ0) is 13.6. The zero-order valence-corrected chi connectivity index (χ0v) is 12.6. The molecule has 4 nitrogen and oxygen atoms in total. The molecule has 0 bridgehead atoms. The standard InChI is InChI=1S/C13H24N4S/c1-10(2)13(3,4)8-15-12-7-11(14-5-6-18)16-9-17-12/h7,9-10,18H,5-6,8H2,1-4H3,(H2,14,15,16,17). The van der Waals surface area contributed by atoms with E-state index in [1.54, 1.807) is 6.33 Å². The van der Waals surface area contributed by atoms with E-state index in [0.29, 0.717) is 5.92 Å². The molecule has 0 aliphatic rings. The van der Waals surface area contributed by atoms with Gasteiger partial charge in [0.05, 0.1) is 0 Å². The fourth-order valence-electron chi connectivity index (χ4n) is 1.26. The largest absolute Gasteiger partial charge is 0.369 e. The molecule has 0 atom stereocenters. The SMILES string of the molecule is CC(C)C(C)(C)CNc1cc(NCCS)ncn1. The van der Waals surface area contributed by atoms with Crippen LogP contribution >= 0.6 is 12.6 Å². The van der Waals surface area contributed by atoms with Crippen molar-refractivity contribution < 1.29 is 0 Å². The number of nitrogens with zero attached hydrogens (tertiary/aromatic N) is 2. The molecule has 0 aliphatic carbocycles. The molecule has 0 radical (unpaired) electrons. The Kier molecular flexibility index (Phi) is 5.72. The van der Waals surface area contributed by atoms with Crippen LogP contribution in [0.15, 0.2) is 12.4 Å². The minimum Gasteiger partial charge on any atom is -0.369 e. The Morgan fingerprint density at radius 2 is 1.83 bits per heavy atom. The Labute approximate surface area is 115 Å². The molecule has 0 unspecified atom stereocenters. The van der Waals surface area contributed by atoms with Crippen LogP contribution < -0.4 is 10.6 Å². The number of anilines is 2. The Balaban J connectivity index is 2.57. The van der Waals surface area contributed by atoms with E-state index in [1.807, 2.05) is 6.07 Å². The lowest BCUT2D eigenvalue weighted by atomic mass is 9.81. The van der Waals surface area contributed by atoms with E-state index >= 15 is 0 Å². The van der Waals surface area contributed by atoms with Crippen LogP contribution in [0, 0.1) is 11.3 Å². The monoisotopic (exact) mass is 268 g/mol. The minimum absolute atomic E-state index is 0.240. The number of hydrogen-bond acceptors (Lipinski definition) is 5. The number of thiol groups is 1. The third-order valence-electron chi connectivity index (χ3n) is 3.37. The number of aromatic nitrogens is 2. The van der Waals surface area contributed by atoms with E-state index in [2.05, 4.69) is 60.9 Å². The number of hydrogen-bond donors (Lipinski definition) is 3. The predicted octanol–water partition coefficient (Wildman–Crippen LogP) is 2.91. The van der Waals surface area contributed by atoms with Crippen LogP contribution in [0.5, 0.6) is 0 Å². The minimum atomic E-state index is 0.240. The first-order valence-corrected chi connectivity index (χ1v) is 6.99. The van der Waals surface area contributed by atoms with Crippen LogP contribution in [-0.4, -0.2) is 28.8 Å². The molecule has 1 aromatic heterocycles. The molecule has 102 valence electrons. The van der Waals surface area contributed by atoms with E-state index in [0.717, 1.165) is 30.5 Å². The van der Waals surface area contributed by atoms with Crippen LogP contribution in [0.1, 0.15) is 27.7 Å². The first-order valence-electron chi connectivity index (χ1n) is 6.36. The summed E-state index contributed by atoms with van der Waals surface area (Å²) in [6, 6.07) is 1.93. The molecule has 1 heterocycles. The van der Waals surface area contributed by atoms with Crippen molar-refractivity contribution in [1.82, 2.24) is 9.97 Å². The molecule has 0 aliphatic heterocycles. The lowest BCUT2D eigenvalue weighted by molar-refractivity contribution is 0.269. The Morgan fingerprint density at radius 3 is 2.39 bits per heavy atom. The topological polar surface area (TPSA) is 49.8 Å².